The van der Waals surface area contributed by atoms with Gasteiger partial charge in [0.1, 0.15) is 16.3 Å². The Morgan fingerprint density at radius 2 is 1.07 bits per heavy atom. The lowest BCUT2D eigenvalue weighted by Gasteiger charge is -2.12. The Hall–Kier alpha value is -5.19. The zero-order valence-electron chi connectivity index (χ0n) is 20.8. The molecular weight excluding hydrogens is 526 g/mol. The van der Waals surface area contributed by atoms with Crippen molar-refractivity contribution in [2.24, 2.45) is 20.5 Å². The average Bonchev–Trinajstić information content (AvgIpc) is 2.95. The average molecular weight is 548 g/mol. The molecule has 0 heterocycles. The van der Waals surface area contributed by atoms with E-state index in [1.165, 1.54) is 12.1 Å². The largest absolute Gasteiger partial charge is 0.505 e. The van der Waals surface area contributed by atoms with Crippen LogP contribution in [-0.4, -0.2) is 18.1 Å². The third-order valence-corrected chi connectivity index (χ3v) is 7.47. The van der Waals surface area contributed by atoms with Crippen LogP contribution < -0.4 is 5.73 Å². The summed E-state index contributed by atoms with van der Waals surface area (Å²) in [5.74, 6) is -0.411. The van der Waals surface area contributed by atoms with E-state index in [-0.39, 0.29) is 27.8 Å². The maximum absolute atomic E-state index is 12.3. The summed E-state index contributed by atoms with van der Waals surface area (Å²) < 4.78 is 34.6. The molecule has 0 radical (unpaired) electrons. The molecule has 40 heavy (non-hydrogen) atoms. The number of benzene rings is 6. The van der Waals surface area contributed by atoms with E-state index >= 15 is 0 Å². The molecule has 6 aromatic carbocycles. The third kappa shape index (κ3) is 4.51. The number of nitrogens with two attached hydrogens (primary N) is 1. The van der Waals surface area contributed by atoms with Crippen LogP contribution in [0.25, 0.3) is 32.3 Å². The van der Waals surface area contributed by atoms with Gasteiger partial charge in [-0.3, -0.25) is 4.55 Å². The molecular formula is C30H21N5O4S. The van der Waals surface area contributed by atoms with E-state index < -0.39 is 20.8 Å². The molecule has 0 bridgehead atoms. The van der Waals surface area contributed by atoms with Gasteiger partial charge in [0.2, 0.25) is 0 Å². The van der Waals surface area contributed by atoms with E-state index in [2.05, 4.69) is 20.5 Å². The van der Waals surface area contributed by atoms with Crippen molar-refractivity contribution in [1.82, 2.24) is 0 Å². The van der Waals surface area contributed by atoms with Gasteiger partial charge in [-0.25, -0.2) is 0 Å². The summed E-state index contributed by atoms with van der Waals surface area (Å²) in [5.41, 5.74) is 7.48. The van der Waals surface area contributed by atoms with Crippen LogP contribution in [0.15, 0.2) is 128 Å². The highest BCUT2D eigenvalue weighted by atomic mass is 32.2. The molecule has 196 valence electrons. The first-order chi connectivity index (χ1) is 19.3. The Balaban J connectivity index is 1.50. The maximum atomic E-state index is 12.3. The quantitative estimate of drug-likeness (QED) is 0.112. The zero-order chi connectivity index (χ0) is 27.9. The topological polar surface area (TPSA) is 150 Å². The third-order valence-electron chi connectivity index (χ3n) is 6.58. The molecule has 9 nitrogen and oxygen atoms in total. The standard InChI is InChI=1S/C30H21N5O4S/c31-29-26(35-33-24-14-6-10-19-8-2-4-12-21(19)24)17-27(40(37,38)39)22-15-16-25(30(36)28(22)29)34-32-23-13-5-9-18-7-1-3-11-20(18)23/h1-17,36H,31H2,(H,37,38,39). The van der Waals surface area contributed by atoms with Crippen LogP contribution in [0.1, 0.15) is 0 Å². The van der Waals surface area contributed by atoms with Crippen LogP contribution in [0.2, 0.25) is 0 Å². The molecule has 0 amide bonds. The lowest BCUT2D eigenvalue weighted by atomic mass is 10.1. The normalized spacial score (nSPS) is 12.3. The number of phenolic OH excluding ortho intramolecular Hbond substituents is 1. The van der Waals surface area contributed by atoms with Crippen molar-refractivity contribution in [3.8, 4) is 5.75 Å². The Morgan fingerprint density at radius 3 is 1.65 bits per heavy atom. The van der Waals surface area contributed by atoms with Gasteiger partial charge >= 0.3 is 0 Å². The summed E-state index contributed by atoms with van der Waals surface area (Å²) in [6.45, 7) is 0. The zero-order valence-corrected chi connectivity index (χ0v) is 21.6. The van der Waals surface area contributed by atoms with E-state index in [0.717, 1.165) is 27.6 Å². The molecule has 0 atom stereocenters. The molecule has 10 heteroatoms. The number of fused-ring (bicyclic) bond motifs is 3. The lowest BCUT2D eigenvalue weighted by Crippen LogP contribution is -2.01. The Labute approximate surface area is 228 Å². The summed E-state index contributed by atoms with van der Waals surface area (Å²) in [4.78, 5) is -0.476. The van der Waals surface area contributed by atoms with Gasteiger partial charge in [-0.1, -0.05) is 78.9 Å². The Kier molecular flexibility index (Phi) is 6.18. The molecule has 0 fully saturated rings. The highest BCUT2D eigenvalue weighted by molar-refractivity contribution is 7.86. The van der Waals surface area contributed by atoms with Crippen molar-refractivity contribution in [2.75, 3.05) is 5.73 Å². The van der Waals surface area contributed by atoms with Crippen molar-refractivity contribution in [3.63, 3.8) is 0 Å². The molecule has 0 aromatic heterocycles. The minimum Gasteiger partial charge on any atom is -0.505 e. The minimum absolute atomic E-state index is 0.00530. The van der Waals surface area contributed by atoms with Crippen molar-refractivity contribution in [2.45, 2.75) is 4.90 Å². The number of azo groups is 2. The van der Waals surface area contributed by atoms with Gasteiger partial charge in [-0.2, -0.15) is 8.42 Å². The van der Waals surface area contributed by atoms with Crippen LogP contribution in [0, 0.1) is 0 Å². The molecule has 6 aromatic rings. The summed E-state index contributed by atoms with van der Waals surface area (Å²) in [6.07, 6.45) is 0. The Bertz CT molecular complexity index is 2110. The molecule has 4 N–H and O–H groups in total. The van der Waals surface area contributed by atoms with Crippen molar-refractivity contribution in [1.29, 1.82) is 0 Å². The fourth-order valence-corrected chi connectivity index (χ4v) is 5.36. The molecule has 0 saturated carbocycles. The van der Waals surface area contributed by atoms with E-state index in [9.17, 15) is 18.1 Å². The van der Waals surface area contributed by atoms with Crippen LogP contribution in [-0.2, 0) is 10.1 Å². The van der Waals surface area contributed by atoms with E-state index in [1.807, 2.05) is 72.8 Å². The van der Waals surface area contributed by atoms with Gasteiger partial charge in [-0.05, 0) is 35.0 Å². The number of nitrogens with zero attached hydrogens (tertiary/aromatic N) is 4. The second-order valence-corrected chi connectivity index (χ2v) is 10.4. The fourth-order valence-electron chi connectivity index (χ4n) is 4.65. The first-order valence-corrected chi connectivity index (χ1v) is 13.6. The van der Waals surface area contributed by atoms with Gasteiger partial charge in [0.25, 0.3) is 10.1 Å². The molecule has 0 spiro atoms. The summed E-state index contributed by atoms with van der Waals surface area (Å²) >= 11 is 0. The van der Waals surface area contributed by atoms with Crippen LogP contribution >= 0.6 is 0 Å². The second-order valence-electron chi connectivity index (χ2n) is 9.03. The number of rotatable bonds is 5. The van der Waals surface area contributed by atoms with Gasteiger partial charge in [-0.15, -0.1) is 20.5 Å². The number of nitrogen functional groups attached to an aromatic ring is 1. The number of aromatic hydroxyl groups is 1. The van der Waals surface area contributed by atoms with E-state index in [0.29, 0.717) is 11.4 Å². The highest BCUT2D eigenvalue weighted by Crippen LogP contribution is 2.45. The number of phenols is 1. The van der Waals surface area contributed by atoms with Crippen molar-refractivity contribution < 1.29 is 18.1 Å². The Morgan fingerprint density at radius 1 is 0.575 bits per heavy atom. The second kappa shape index (κ2) is 9.84. The number of hydrogen-bond donors (Lipinski definition) is 3. The van der Waals surface area contributed by atoms with E-state index in [1.54, 1.807) is 12.1 Å². The maximum Gasteiger partial charge on any atom is 0.295 e. The predicted molar refractivity (Wildman–Crippen MR) is 156 cm³/mol. The molecule has 6 rings (SSSR count). The smallest absolute Gasteiger partial charge is 0.295 e. The SMILES string of the molecule is Nc1c(N=Nc2cccc3ccccc23)cc(S(=O)(=O)O)c2ccc(N=Nc3cccc4ccccc34)c(O)c12. The van der Waals surface area contributed by atoms with Crippen molar-refractivity contribution in [3.05, 3.63) is 103 Å². The van der Waals surface area contributed by atoms with Gasteiger partial charge < -0.3 is 10.8 Å². The van der Waals surface area contributed by atoms with Crippen molar-refractivity contribution >= 4 is 70.9 Å². The molecule has 0 aliphatic carbocycles. The molecule has 0 aliphatic heterocycles. The predicted octanol–water partition coefficient (Wildman–Crippen LogP) is 8.51. The first kappa shape index (κ1) is 25.1. The summed E-state index contributed by atoms with van der Waals surface area (Å²) in [6, 6.07) is 30.3. The number of anilines is 1. The van der Waals surface area contributed by atoms with Gasteiger partial charge in [0.15, 0.2) is 5.75 Å². The van der Waals surface area contributed by atoms with Gasteiger partial charge in [0.05, 0.1) is 22.4 Å². The fraction of sp³-hybridized carbons (Fsp3) is 0. The molecule has 0 aliphatic rings. The van der Waals surface area contributed by atoms with E-state index in [4.69, 9.17) is 5.73 Å². The minimum atomic E-state index is -4.72. The first-order valence-electron chi connectivity index (χ1n) is 12.2. The molecule has 0 saturated heterocycles. The monoisotopic (exact) mass is 547 g/mol. The lowest BCUT2D eigenvalue weighted by molar-refractivity contribution is 0.482. The van der Waals surface area contributed by atoms with Crippen LogP contribution in [0.4, 0.5) is 28.4 Å². The summed E-state index contributed by atoms with van der Waals surface area (Å²) in [5, 5.41) is 31.8. The number of hydrogen-bond acceptors (Lipinski definition) is 8. The molecule has 0 unspecified atom stereocenters. The van der Waals surface area contributed by atoms with Gasteiger partial charge in [0, 0.05) is 16.2 Å². The van der Waals surface area contributed by atoms with Crippen LogP contribution in [0.5, 0.6) is 5.75 Å². The summed E-state index contributed by atoms with van der Waals surface area (Å²) in [7, 11) is -4.72. The highest BCUT2D eigenvalue weighted by Gasteiger charge is 2.22. The van der Waals surface area contributed by atoms with Crippen LogP contribution in [0.3, 0.4) is 0 Å².